The normalized spacial score (nSPS) is 21.5. The van der Waals surface area contributed by atoms with Crippen molar-refractivity contribution in [2.24, 2.45) is 13.0 Å². The summed E-state index contributed by atoms with van der Waals surface area (Å²) in [4.78, 5) is 25.6. The van der Waals surface area contributed by atoms with Crippen molar-refractivity contribution < 1.29 is 49.1 Å². The summed E-state index contributed by atoms with van der Waals surface area (Å²) in [7, 11) is -2.22. The van der Waals surface area contributed by atoms with Crippen molar-refractivity contribution in [2.45, 2.75) is 68.8 Å². The van der Waals surface area contributed by atoms with Crippen LogP contribution in [-0.2, 0) is 46.9 Å². The smallest absolute Gasteiger partial charge is 0.388 e. The minimum Gasteiger partial charge on any atom is -0.388 e. The van der Waals surface area contributed by atoms with Crippen LogP contribution in [0.4, 0.5) is 41.7 Å². The van der Waals surface area contributed by atoms with Crippen LogP contribution in [0.2, 0.25) is 0 Å². The number of anilines is 2. The summed E-state index contributed by atoms with van der Waals surface area (Å²) in [5.41, 5.74) is -2.62. The molecule has 1 saturated heterocycles. The van der Waals surface area contributed by atoms with Crippen LogP contribution in [0.25, 0.3) is 32.4 Å². The maximum atomic E-state index is 15.7. The van der Waals surface area contributed by atoms with Crippen molar-refractivity contribution in [2.75, 3.05) is 29.0 Å². The van der Waals surface area contributed by atoms with E-state index in [1.807, 2.05) is 4.90 Å². The topological polar surface area (TPSA) is 160 Å². The van der Waals surface area contributed by atoms with Crippen LogP contribution >= 0.6 is 11.3 Å². The second kappa shape index (κ2) is 14.1. The van der Waals surface area contributed by atoms with Gasteiger partial charge in [0.1, 0.15) is 23.9 Å². The SMILES string of the molecule is Cn1nc(NS(C)(=O)=O)c2cccc(-c3cc4sc(N5CCC(C)(O)C5)nc4nc3C(Cc3cc(F)cc(F)c3)NC(=O)Cn3nc(C(F)(F)F)c4c3C(F)(F)[C@@H]3CC[C@H]43)c21. The van der Waals surface area contributed by atoms with Gasteiger partial charge in [0.05, 0.1) is 33.8 Å². The van der Waals surface area contributed by atoms with Gasteiger partial charge in [-0.2, -0.15) is 37.1 Å². The van der Waals surface area contributed by atoms with Gasteiger partial charge in [0.15, 0.2) is 22.3 Å². The number of pyridine rings is 1. The summed E-state index contributed by atoms with van der Waals surface area (Å²) in [5.74, 6) is -9.04. The fraction of sp³-hybridized carbons (Fsp3) is 0.410. The Morgan fingerprint density at radius 2 is 1.80 bits per heavy atom. The third kappa shape index (κ3) is 7.34. The Morgan fingerprint density at radius 3 is 2.44 bits per heavy atom. The Hall–Kier alpha value is -5.35. The van der Waals surface area contributed by atoms with Crippen LogP contribution in [0, 0.1) is 17.6 Å². The Morgan fingerprint density at radius 1 is 1.07 bits per heavy atom. The maximum Gasteiger partial charge on any atom is 0.435 e. The second-order valence-electron chi connectivity index (χ2n) is 16.2. The molecule has 6 aromatic rings. The molecule has 22 heteroatoms. The third-order valence-corrected chi connectivity index (χ3v) is 13.2. The third-order valence-electron chi connectivity index (χ3n) is 11.6. The van der Waals surface area contributed by atoms with Crippen LogP contribution in [0.5, 0.6) is 0 Å². The average molecular weight is 892 g/mol. The highest BCUT2D eigenvalue weighted by atomic mass is 32.2. The number of carbonyl (C=O) groups is 1. The zero-order valence-corrected chi connectivity index (χ0v) is 34.1. The first-order valence-electron chi connectivity index (χ1n) is 19.1. The van der Waals surface area contributed by atoms with Gasteiger partial charge in [-0.25, -0.2) is 22.2 Å². The van der Waals surface area contributed by atoms with Crippen molar-refractivity contribution >= 4 is 59.5 Å². The number of benzene rings is 2. The van der Waals surface area contributed by atoms with E-state index < -0.39 is 86.6 Å². The second-order valence-corrected chi connectivity index (χ2v) is 19.0. The van der Waals surface area contributed by atoms with E-state index in [2.05, 4.69) is 20.2 Å². The summed E-state index contributed by atoms with van der Waals surface area (Å²) in [6, 6.07) is 8.02. The number of sulfonamides is 1. The monoisotopic (exact) mass is 891 g/mol. The number of aryl methyl sites for hydroxylation is 1. The lowest BCUT2D eigenvalue weighted by Gasteiger charge is -2.34. The van der Waals surface area contributed by atoms with Crippen molar-refractivity contribution in [1.29, 1.82) is 0 Å². The molecule has 2 fully saturated rings. The van der Waals surface area contributed by atoms with Gasteiger partial charge in [0, 0.05) is 54.2 Å². The Bertz CT molecular complexity index is 2870. The van der Waals surface area contributed by atoms with Gasteiger partial charge in [-0.15, -0.1) is 0 Å². The van der Waals surface area contributed by atoms with Crippen molar-refractivity contribution in [1.82, 2.24) is 34.8 Å². The molecule has 322 valence electrons. The lowest BCUT2D eigenvalue weighted by Crippen LogP contribution is -2.36. The number of nitrogens with zero attached hydrogens (tertiary/aromatic N) is 7. The molecule has 2 unspecified atom stereocenters. The van der Waals surface area contributed by atoms with E-state index in [1.165, 1.54) is 16.0 Å². The first kappa shape index (κ1) is 41.0. The molecule has 2 aliphatic carbocycles. The summed E-state index contributed by atoms with van der Waals surface area (Å²) in [6.07, 6.45) is -3.89. The molecule has 1 aliphatic heterocycles. The molecule has 0 spiro atoms. The largest absolute Gasteiger partial charge is 0.435 e. The number of para-hydroxylation sites is 1. The van der Waals surface area contributed by atoms with E-state index in [1.54, 1.807) is 38.2 Å². The number of nitrogens with one attached hydrogen (secondary N) is 2. The molecule has 0 radical (unpaired) electrons. The Kier molecular flexibility index (Phi) is 9.48. The minimum absolute atomic E-state index is 0.00364. The number of hydrogen-bond donors (Lipinski definition) is 3. The van der Waals surface area contributed by atoms with Crippen LogP contribution in [0.1, 0.15) is 66.4 Å². The molecule has 3 aliphatic rings. The summed E-state index contributed by atoms with van der Waals surface area (Å²) in [5, 5.41) is 22.2. The highest BCUT2D eigenvalue weighted by molar-refractivity contribution is 7.92. The molecule has 3 N–H and O–H groups in total. The molecule has 1 saturated carbocycles. The average Bonchev–Trinajstić information content (AvgIpc) is 3.90. The zero-order valence-electron chi connectivity index (χ0n) is 32.5. The van der Waals surface area contributed by atoms with Crippen molar-refractivity contribution in [3.8, 4) is 11.1 Å². The maximum absolute atomic E-state index is 15.7. The van der Waals surface area contributed by atoms with Crippen LogP contribution < -0.4 is 14.9 Å². The molecule has 5 heterocycles. The molecule has 0 bridgehead atoms. The highest BCUT2D eigenvalue weighted by Crippen LogP contribution is 2.64. The minimum atomic E-state index is -5.08. The number of fused-ring (bicyclic) bond motifs is 5. The van der Waals surface area contributed by atoms with E-state index in [-0.39, 0.29) is 48.5 Å². The number of amides is 1. The lowest BCUT2D eigenvalue weighted by atomic mass is 9.73. The fourth-order valence-electron chi connectivity index (χ4n) is 8.91. The van der Waals surface area contributed by atoms with Gasteiger partial charge in [0.25, 0.3) is 5.92 Å². The highest BCUT2D eigenvalue weighted by Gasteiger charge is 2.63. The van der Waals surface area contributed by atoms with Crippen molar-refractivity contribution in [3.05, 3.63) is 82.3 Å². The van der Waals surface area contributed by atoms with Crippen LogP contribution in [0.15, 0.2) is 42.5 Å². The van der Waals surface area contributed by atoms with E-state index >= 15 is 8.78 Å². The summed E-state index contributed by atoms with van der Waals surface area (Å²) in [6.45, 7) is 1.39. The molecular formula is C39H36F7N9O4S2. The molecule has 61 heavy (non-hydrogen) atoms. The number of aliphatic hydroxyl groups is 1. The molecule has 13 nitrogen and oxygen atoms in total. The number of aromatic nitrogens is 6. The van der Waals surface area contributed by atoms with Crippen LogP contribution in [0.3, 0.4) is 0 Å². The molecule has 4 aromatic heterocycles. The summed E-state index contributed by atoms with van der Waals surface area (Å²) >= 11 is 1.26. The van der Waals surface area contributed by atoms with E-state index in [0.717, 1.165) is 18.4 Å². The Balaban J connectivity index is 1.20. The molecule has 2 aromatic carbocycles. The van der Waals surface area contributed by atoms with Gasteiger partial charge in [-0.1, -0.05) is 23.5 Å². The van der Waals surface area contributed by atoms with Crippen LogP contribution in [-0.4, -0.2) is 73.9 Å². The number of hydrogen-bond acceptors (Lipinski definition) is 10. The summed E-state index contributed by atoms with van der Waals surface area (Å²) < 4.78 is 133. The quantitative estimate of drug-likeness (QED) is 0.126. The van der Waals surface area contributed by atoms with Gasteiger partial charge >= 0.3 is 6.18 Å². The molecule has 1 amide bonds. The lowest BCUT2D eigenvalue weighted by molar-refractivity contribution is -0.144. The Labute approximate surface area is 346 Å². The van der Waals surface area contributed by atoms with Gasteiger partial charge in [0.2, 0.25) is 15.9 Å². The van der Waals surface area contributed by atoms with E-state index in [0.29, 0.717) is 55.6 Å². The first-order valence-corrected chi connectivity index (χ1v) is 21.8. The molecule has 9 rings (SSSR count). The number of thiazole rings is 1. The van der Waals surface area contributed by atoms with E-state index in [4.69, 9.17) is 9.97 Å². The predicted molar refractivity (Wildman–Crippen MR) is 211 cm³/mol. The van der Waals surface area contributed by atoms with Crippen molar-refractivity contribution in [3.63, 3.8) is 0 Å². The standard InChI is InChI=1S/C39H36F7N9O4S2/c1-37(57)9-10-54(17-37)36-49-35-27(60-36)15-24(21-5-4-6-23-31(21)53(2)51-34(23)52-61(3,58)59)30(48-35)26(13-18-11-19(40)14-20(41)12-18)47-28(56)16-55-33-29(32(50-55)39(44,45)46)22-7-8-25(22)38(33,42)43/h4-6,11-12,14-15,22,25-26,57H,7-10,13,16-17H2,1-3H3,(H,47,56)(H,51,52)/t22-,25+,26?,37?/m0/s1. The first-order chi connectivity index (χ1) is 28.6. The molecule has 4 atom stereocenters. The fourth-order valence-corrected chi connectivity index (χ4v) is 10.4. The zero-order chi connectivity index (χ0) is 43.6. The van der Waals surface area contributed by atoms with Gasteiger partial charge in [-0.05, 0) is 68.4 Å². The van der Waals surface area contributed by atoms with Gasteiger partial charge in [-0.3, -0.25) is 18.9 Å². The van der Waals surface area contributed by atoms with Gasteiger partial charge < -0.3 is 15.3 Å². The number of alkyl halides is 5. The number of rotatable bonds is 10. The van der Waals surface area contributed by atoms with E-state index in [9.17, 15) is 40.3 Å². The number of carbonyl (C=O) groups excluding carboxylic acids is 1. The number of halogens is 7. The number of β-amino-alcohol motifs (C(OH)–C–C–N with tert-alkyl or cyclic N) is 1. The molecular weight excluding hydrogens is 856 g/mol. The predicted octanol–water partition coefficient (Wildman–Crippen LogP) is 6.77.